The van der Waals surface area contributed by atoms with Gasteiger partial charge in [0.05, 0.1) is 6.61 Å². The molecule has 0 N–H and O–H groups in total. The molecule has 0 unspecified atom stereocenters. The van der Waals surface area contributed by atoms with E-state index in [4.69, 9.17) is 4.74 Å². The van der Waals surface area contributed by atoms with E-state index < -0.39 is 11.8 Å². The normalized spacial score (nSPS) is 10.5. The Hall–Kier alpha value is -1.98. The maximum Gasteiger partial charge on any atom is 0.378 e. The summed E-state index contributed by atoms with van der Waals surface area (Å²) in [6.45, 7) is 1.94. The minimum absolute atomic E-state index is 0.0672. The van der Waals surface area contributed by atoms with Crippen LogP contribution in [0.3, 0.4) is 0 Å². The van der Waals surface area contributed by atoms with E-state index in [9.17, 15) is 9.18 Å². The molecule has 2 aromatic heterocycles. The zero-order valence-corrected chi connectivity index (χ0v) is 7.98. The van der Waals surface area contributed by atoms with E-state index in [0.717, 1.165) is 0 Å². The highest BCUT2D eigenvalue weighted by atomic mass is 19.1. The predicted octanol–water partition coefficient (Wildman–Crippen LogP) is 1.05. The summed E-state index contributed by atoms with van der Waals surface area (Å²) in [5.74, 6) is -1.10. The van der Waals surface area contributed by atoms with Gasteiger partial charge in [-0.2, -0.15) is 0 Å². The molecule has 0 atom stereocenters. The van der Waals surface area contributed by atoms with Gasteiger partial charge in [0.1, 0.15) is 5.82 Å². The third kappa shape index (κ3) is 1.78. The second-order valence-electron chi connectivity index (χ2n) is 2.80. The summed E-state index contributed by atoms with van der Waals surface area (Å²) < 4.78 is 18.8. The van der Waals surface area contributed by atoms with Crippen LogP contribution >= 0.6 is 0 Å². The molecule has 2 heterocycles. The molecule has 0 saturated heterocycles. The van der Waals surface area contributed by atoms with Crippen molar-refractivity contribution in [3.63, 3.8) is 0 Å². The molecule has 15 heavy (non-hydrogen) atoms. The first-order valence-corrected chi connectivity index (χ1v) is 4.39. The lowest BCUT2D eigenvalue weighted by atomic mass is 10.5. The number of halogens is 1. The van der Waals surface area contributed by atoms with Crippen molar-refractivity contribution in [3.05, 3.63) is 30.0 Å². The lowest BCUT2D eigenvalue weighted by molar-refractivity contribution is 0.0512. The first kappa shape index (κ1) is 9.57. The van der Waals surface area contributed by atoms with Crippen LogP contribution in [0.4, 0.5) is 4.39 Å². The fourth-order valence-corrected chi connectivity index (χ4v) is 1.14. The van der Waals surface area contributed by atoms with Gasteiger partial charge in [-0.3, -0.25) is 0 Å². The Labute approximate surface area is 84.5 Å². The Morgan fingerprint density at radius 2 is 2.47 bits per heavy atom. The Bertz CT molecular complexity index is 509. The van der Waals surface area contributed by atoms with Crippen LogP contribution in [-0.2, 0) is 4.74 Å². The monoisotopic (exact) mass is 209 g/mol. The van der Waals surface area contributed by atoms with Crippen molar-refractivity contribution in [1.29, 1.82) is 0 Å². The minimum Gasteiger partial charge on any atom is -0.460 e. The highest BCUT2D eigenvalue weighted by Gasteiger charge is 2.13. The molecular formula is C9H8FN3O2. The van der Waals surface area contributed by atoms with Gasteiger partial charge < -0.3 is 4.74 Å². The summed E-state index contributed by atoms with van der Waals surface area (Å²) in [5.41, 5.74) is 0.276. The largest absolute Gasteiger partial charge is 0.460 e. The highest BCUT2D eigenvalue weighted by Crippen LogP contribution is 2.04. The molecule has 5 nitrogen and oxygen atoms in total. The molecule has 0 spiro atoms. The van der Waals surface area contributed by atoms with Crippen LogP contribution in [0.5, 0.6) is 0 Å². The van der Waals surface area contributed by atoms with Crippen LogP contribution in [0, 0.1) is 5.82 Å². The first-order valence-electron chi connectivity index (χ1n) is 4.39. The van der Waals surface area contributed by atoms with Gasteiger partial charge in [-0.15, -0.1) is 5.10 Å². The Kier molecular flexibility index (Phi) is 2.32. The molecule has 0 saturated carbocycles. The van der Waals surface area contributed by atoms with Crippen molar-refractivity contribution in [1.82, 2.24) is 14.6 Å². The Morgan fingerprint density at radius 3 is 3.20 bits per heavy atom. The van der Waals surface area contributed by atoms with E-state index >= 15 is 0 Å². The summed E-state index contributed by atoms with van der Waals surface area (Å²) in [4.78, 5) is 15.1. The number of fused-ring (bicyclic) bond motifs is 1. The number of nitrogens with zero attached hydrogens (tertiary/aromatic N) is 3. The number of hydrogen-bond acceptors (Lipinski definition) is 4. The van der Waals surface area contributed by atoms with Gasteiger partial charge in [-0.05, 0) is 13.0 Å². The van der Waals surface area contributed by atoms with Gasteiger partial charge >= 0.3 is 5.97 Å². The third-order valence-corrected chi connectivity index (χ3v) is 1.76. The van der Waals surface area contributed by atoms with Crippen LogP contribution in [0.2, 0.25) is 0 Å². The van der Waals surface area contributed by atoms with E-state index in [1.54, 1.807) is 6.92 Å². The zero-order valence-electron chi connectivity index (χ0n) is 7.98. The van der Waals surface area contributed by atoms with Gasteiger partial charge in [0.15, 0.2) is 5.65 Å². The standard InChI is InChI=1S/C9H8FN3O2/c1-2-15-9(14)8-11-7-5-6(10)3-4-13(7)12-8/h3-5H,2H2,1H3. The minimum atomic E-state index is -0.610. The van der Waals surface area contributed by atoms with Crippen molar-refractivity contribution in [2.75, 3.05) is 6.61 Å². The molecule has 0 aromatic carbocycles. The van der Waals surface area contributed by atoms with E-state index in [2.05, 4.69) is 10.1 Å². The summed E-state index contributed by atoms with van der Waals surface area (Å²) in [7, 11) is 0. The molecule has 0 radical (unpaired) electrons. The quantitative estimate of drug-likeness (QED) is 0.693. The molecule has 0 aliphatic heterocycles. The third-order valence-electron chi connectivity index (χ3n) is 1.76. The number of ether oxygens (including phenoxy) is 1. The lowest BCUT2D eigenvalue weighted by Crippen LogP contribution is -2.06. The molecule has 0 amide bonds. The number of rotatable bonds is 2. The molecule has 0 aliphatic carbocycles. The van der Waals surface area contributed by atoms with Crippen LogP contribution in [0.15, 0.2) is 18.3 Å². The van der Waals surface area contributed by atoms with E-state index in [1.165, 1.54) is 22.8 Å². The number of hydrogen-bond donors (Lipinski definition) is 0. The van der Waals surface area contributed by atoms with Crippen molar-refractivity contribution in [3.8, 4) is 0 Å². The summed E-state index contributed by atoms with van der Waals surface area (Å²) in [6.07, 6.45) is 1.39. The predicted molar refractivity (Wildman–Crippen MR) is 48.9 cm³/mol. The van der Waals surface area contributed by atoms with Gasteiger partial charge in [-0.1, -0.05) is 0 Å². The topological polar surface area (TPSA) is 56.5 Å². The molecule has 0 aliphatic rings. The second kappa shape index (κ2) is 3.64. The molecule has 2 aromatic rings. The fourth-order valence-electron chi connectivity index (χ4n) is 1.14. The molecular weight excluding hydrogens is 201 g/mol. The molecule has 6 heteroatoms. The average Bonchev–Trinajstić information content (AvgIpc) is 2.60. The SMILES string of the molecule is CCOC(=O)c1nc2cc(F)ccn2n1. The molecule has 78 valence electrons. The van der Waals surface area contributed by atoms with E-state index in [1.807, 2.05) is 0 Å². The fraction of sp³-hybridized carbons (Fsp3) is 0.222. The number of esters is 1. The lowest BCUT2D eigenvalue weighted by Gasteiger charge is -1.93. The van der Waals surface area contributed by atoms with E-state index in [-0.39, 0.29) is 18.1 Å². The van der Waals surface area contributed by atoms with Crippen LogP contribution in [0.1, 0.15) is 17.5 Å². The highest BCUT2D eigenvalue weighted by molar-refractivity contribution is 5.85. The Balaban J connectivity index is 2.42. The van der Waals surface area contributed by atoms with Crippen LogP contribution in [0.25, 0.3) is 5.65 Å². The van der Waals surface area contributed by atoms with Crippen LogP contribution in [-0.4, -0.2) is 27.2 Å². The van der Waals surface area contributed by atoms with Crippen molar-refractivity contribution in [2.24, 2.45) is 0 Å². The number of carbonyl (C=O) groups excluding carboxylic acids is 1. The first-order chi connectivity index (χ1) is 7.20. The van der Waals surface area contributed by atoms with Gasteiger partial charge in [0.2, 0.25) is 0 Å². The summed E-state index contributed by atoms with van der Waals surface area (Å²) in [6, 6.07) is 2.42. The summed E-state index contributed by atoms with van der Waals surface area (Å²) >= 11 is 0. The maximum absolute atomic E-state index is 12.8. The number of carbonyl (C=O) groups is 1. The molecule has 2 rings (SSSR count). The van der Waals surface area contributed by atoms with Gasteiger partial charge in [0.25, 0.3) is 5.82 Å². The smallest absolute Gasteiger partial charge is 0.378 e. The maximum atomic E-state index is 12.8. The number of aromatic nitrogens is 3. The van der Waals surface area contributed by atoms with Gasteiger partial charge in [0, 0.05) is 12.3 Å². The average molecular weight is 209 g/mol. The zero-order chi connectivity index (χ0) is 10.8. The molecule has 0 fully saturated rings. The Morgan fingerprint density at radius 1 is 1.67 bits per heavy atom. The van der Waals surface area contributed by atoms with Crippen molar-refractivity contribution < 1.29 is 13.9 Å². The summed E-state index contributed by atoms with van der Waals surface area (Å²) in [5, 5.41) is 3.84. The second-order valence-corrected chi connectivity index (χ2v) is 2.80. The van der Waals surface area contributed by atoms with Crippen molar-refractivity contribution in [2.45, 2.75) is 6.92 Å². The molecule has 0 bridgehead atoms. The van der Waals surface area contributed by atoms with Crippen LogP contribution < -0.4 is 0 Å². The van der Waals surface area contributed by atoms with E-state index in [0.29, 0.717) is 0 Å². The number of pyridine rings is 1. The van der Waals surface area contributed by atoms with Crippen molar-refractivity contribution >= 4 is 11.6 Å². The van der Waals surface area contributed by atoms with Gasteiger partial charge in [-0.25, -0.2) is 18.7 Å².